The van der Waals surface area contributed by atoms with Gasteiger partial charge in [-0.15, -0.1) is 0 Å². The van der Waals surface area contributed by atoms with Crippen LogP contribution < -0.4 is 14.4 Å². The summed E-state index contributed by atoms with van der Waals surface area (Å²) in [6, 6.07) is 31.3. The average molecular weight is 473 g/mol. The number of nitrogens with one attached hydrogen (secondary N) is 1. The van der Waals surface area contributed by atoms with Gasteiger partial charge in [-0.1, -0.05) is 60.7 Å². The molecule has 6 nitrogen and oxygen atoms in total. The maximum absolute atomic E-state index is 13.5. The van der Waals surface area contributed by atoms with E-state index in [1.54, 1.807) is 60.7 Å². The molecule has 4 rings (SSSR count). The molecule has 4 aromatic rings. The van der Waals surface area contributed by atoms with Gasteiger partial charge in [0.1, 0.15) is 12.3 Å². The maximum atomic E-state index is 13.5. The molecule has 0 aromatic heterocycles. The smallest absolute Gasteiger partial charge is 0.264 e. The molecule has 0 atom stereocenters. The van der Waals surface area contributed by atoms with Crippen molar-refractivity contribution in [3.63, 3.8) is 0 Å². The van der Waals surface area contributed by atoms with E-state index in [1.807, 2.05) is 43.3 Å². The Labute approximate surface area is 199 Å². The lowest BCUT2D eigenvalue weighted by Gasteiger charge is -2.24. The molecule has 0 radical (unpaired) electrons. The lowest BCUT2D eigenvalue weighted by Crippen LogP contribution is -2.38. The van der Waals surface area contributed by atoms with E-state index in [0.29, 0.717) is 22.9 Å². The van der Waals surface area contributed by atoms with Crippen molar-refractivity contribution >= 4 is 27.3 Å². The summed E-state index contributed by atoms with van der Waals surface area (Å²) in [5, 5.41) is 2.80. The van der Waals surface area contributed by atoms with E-state index in [0.717, 1.165) is 9.87 Å². The molecule has 0 aliphatic heterocycles. The number of aryl methyl sites for hydroxylation is 1. The van der Waals surface area contributed by atoms with Crippen LogP contribution in [0.2, 0.25) is 0 Å². The Hall–Kier alpha value is -4.10. The average Bonchev–Trinajstić information content (AvgIpc) is 2.85. The maximum Gasteiger partial charge on any atom is 0.264 e. The lowest BCUT2D eigenvalue weighted by molar-refractivity contribution is -0.114. The molecule has 0 saturated heterocycles. The predicted molar refractivity (Wildman–Crippen MR) is 134 cm³/mol. The van der Waals surface area contributed by atoms with Crippen LogP contribution in [0.25, 0.3) is 0 Å². The first kappa shape index (κ1) is 23.1. The number of rotatable bonds is 8. The molecule has 0 unspecified atom stereocenters. The standard InChI is InChI=1S/C27H24N2O4S/c1-21-11-10-12-22(19-21)29(34(31,32)24-15-6-3-7-16-24)20-27(30)28-25-17-8-9-18-26(25)33-23-13-4-2-5-14-23/h2-19H,20H2,1H3,(H,28,30). The zero-order valence-corrected chi connectivity index (χ0v) is 19.4. The fourth-order valence-corrected chi connectivity index (χ4v) is 4.85. The van der Waals surface area contributed by atoms with Crippen LogP contribution in [-0.2, 0) is 14.8 Å². The number of amides is 1. The molecule has 0 spiro atoms. The second kappa shape index (κ2) is 10.2. The molecule has 172 valence electrons. The SMILES string of the molecule is Cc1cccc(N(CC(=O)Nc2ccccc2Oc2ccccc2)S(=O)(=O)c2ccccc2)c1. The van der Waals surface area contributed by atoms with Gasteiger partial charge in [-0.3, -0.25) is 9.10 Å². The van der Waals surface area contributed by atoms with Gasteiger partial charge in [0, 0.05) is 0 Å². The van der Waals surface area contributed by atoms with Gasteiger partial charge in [-0.2, -0.15) is 0 Å². The molecule has 0 aliphatic carbocycles. The number of benzene rings is 4. The summed E-state index contributed by atoms with van der Waals surface area (Å²) < 4.78 is 33.9. The van der Waals surface area contributed by atoms with Crippen LogP contribution in [0, 0.1) is 6.92 Å². The van der Waals surface area contributed by atoms with E-state index >= 15 is 0 Å². The Morgan fingerprint density at radius 1 is 0.824 bits per heavy atom. The zero-order chi connectivity index (χ0) is 24.0. The third-order valence-corrected chi connectivity index (χ3v) is 6.83. The fourth-order valence-electron chi connectivity index (χ4n) is 3.41. The molecule has 7 heteroatoms. The summed E-state index contributed by atoms with van der Waals surface area (Å²) in [6.07, 6.45) is 0. The Bertz CT molecular complexity index is 1370. The first-order valence-corrected chi connectivity index (χ1v) is 12.1. The minimum absolute atomic E-state index is 0.108. The topological polar surface area (TPSA) is 75.7 Å². The normalized spacial score (nSPS) is 11.0. The van der Waals surface area contributed by atoms with Gasteiger partial charge in [-0.25, -0.2) is 8.42 Å². The summed E-state index contributed by atoms with van der Waals surface area (Å²) in [7, 11) is -3.98. The number of ether oxygens (including phenoxy) is 1. The number of anilines is 2. The highest BCUT2D eigenvalue weighted by Gasteiger charge is 2.27. The summed E-state index contributed by atoms with van der Waals surface area (Å²) in [4.78, 5) is 13.2. The van der Waals surface area contributed by atoms with Crippen LogP contribution in [0.5, 0.6) is 11.5 Å². The van der Waals surface area contributed by atoms with Gasteiger partial charge in [0.25, 0.3) is 10.0 Å². The van der Waals surface area contributed by atoms with E-state index in [2.05, 4.69) is 5.32 Å². The lowest BCUT2D eigenvalue weighted by atomic mass is 10.2. The molecule has 0 fully saturated rings. The molecule has 0 bridgehead atoms. The number of sulfonamides is 1. The quantitative estimate of drug-likeness (QED) is 0.361. The third-order valence-electron chi connectivity index (χ3n) is 5.04. The van der Waals surface area contributed by atoms with Crippen LogP contribution in [0.4, 0.5) is 11.4 Å². The molecule has 1 N–H and O–H groups in total. The van der Waals surface area contributed by atoms with E-state index in [4.69, 9.17) is 4.74 Å². The second-order valence-corrected chi connectivity index (χ2v) is 9.49. The molecule has 4 aromatic carbocycles. The highest BCUT2D eigenvalue weighted by Crippen LogP contribution is 2.30. The van der Waals surface area contributed by atoms with Gasteiger partial charge in [0.05, 0.1) is 16.3 Å². The van der Waals surface area contributed by atoms with Crippen molar-refractivity contribution in [3.05, 3.63) is 115 Å². The fraction of sp³-hybridized carbons (Fsp3) is 0.0741. The van der Waals surface area contributed by atoms with Gasteiger partial charge in [0.15, 0.2) is 5.75 Å². The molecule has 0 heterocycles. The minimum Gasteiger partial charge on any atom is -0.455 e. The van der Waals surface area contributed by atoms with Crippen molar-refractivity contribution in [2.75, 3.05) is 16.2 Å². The first-order chi connectivity index (χ1) is 16.4. The van der Waals surface area contributed by atoms with Crippen LogP contribution in [-0.4, -0.2) is 20.9 Å². The second-order valence-electron chi connectivity index (χ2n) is 7.62. The Balaban J connectivity index is 1.61. The summed E-state index contributed by atoms with van der Waals surface area (Å²) in [6.45, 7) is 1.47. The van der Waals surface area contributed by atoms with Gasteiger partial charge in [0.2, 0.25) is 5.91 Å². The molecular formula is C27H24N2O4S. The number of carbonyl (C=O) groups is 1. The molecule has 0 saturated carbocycles. The highest BCUT2D eigenvalue weighted by molar-refractivity contribution is 7.92. The Kier molecular flexibility index (Phi) is 6.94. The van der Waals surface area contributed by atoms with Crippen LogP contribution in [0.15, 0.2) is 114 Å². The summed E-state index contributed by atoms with van der Waals surface area (Å²) in [5.41, 5.74) is 1.73. The Morgan fingerprint density at radius 2 is 1.47 bits per heavy atom. The number of carbonyl (C=O) groups excluding carboxylic acids is 1. The van der Waals surface area contributed by atoms with Crippen molar-refractivity contribution in [2.45, 2.75) is 11.8 Å². The van der Waals surface area contributed by atoms with Gasteiger partial charge >= 0.3 is 0 Å². The monoisotopic (exact) mass is 472 g/mol. The molecule has 34 heavy (non-hydrogen) atoms. The predicted octanol–water partition coefficient (Wildman–Crippen LogP) is 5.62. The van der Waals surface area contributed by atoms with Crippen LogP contribution >= 0.6 is 0 Å². The number of hydrogen-bond acceptors (Lipinski definition) is 4. The van der Waals surface area contributed by atoms with Crippen molar-refractivity contribution < 1.29 is 17.9 Å². The molecular weight excluding hydrogens is 448 g/mol. The minimum atomic E-state index is -3.98. The Morgan fingerprint density at radius 3 is 2.18 bits per heavy atom. The molecule has 1 amide bonds. The van der Waals surface area contributed by atoms with Gasteiger partial charge in [-0.05, 0) is 61.0 Å². The molecule has 0 aliphatic rings. The van der Waals surface area contributed by atoms with Crippen molar-refractivity contribution in [1.29, 1.82) is 0 Å². The van der Waals surface area contributed by atoms with Crippen LogP contribution in [0.3, 0.4) is 0 Å². The van der Waals surface area contributed by atoms with Crippen molar-refractivity contribution in [1.82, 2.24) is 0 Å². The van der Waals surface area contributed by atoms with Gasteiger partial charge < -0.3 is 10.1 Å². The van der Waals surface area contributed by atoms with E-state index in [9.17, 15) is 13.2 Å². The van der Waals surface area contributed by atoms with Crippen molar-refractivity contribution in [3.8, 4) is 11.5 Å². The largest absolute Gasteiger partial charge is 0.455 e. The number of hydrogen-bond donors (Lipinski definition) is 1. The number of nitrogens with zero attached hydrogens (tertiary/aromatic N) is 1. The third kappa shape index (κ3) is 5.44. The van der Waals surface area contributed by atoms with Crippen molar-refractivity contribution in [2.24, 2.45) is 0 Å². The summed E-state index contributed by atoms with van der Waals surface area (Å²) in [5.74, 6) is 0.581. The highest BCUT2D eigenvalue weighted by atomic mass is 32.2. The van der Waals surface area contributed by atoms with E-state index in [1.165, 1.54) is 12.1 Å². The number of para-hydroxylation sites is 3. The van der Waals surface area contributed by atoms with Crippen LogP contribution in [0.1, 0.15) is 5.56 Å². The zero-order valence-electron chi connectivity index (χ0n) is 18.6. The summed E-state index contributed by atoms with van der Waals surface area (Å²) >= 11 is 0. The van der Waals surface area contributed by atoms with E-state index < -0.39 is 22.5 Å². The first-order valence-electron chi connectivity index (χ1n) is 10.7. The van der Waals surface area contributed by atoms with E-state index in [-0.39, 0.29) is 4.90 Å².